The zero-order valence-corrected chi connectivity index (χ0v) is 23.0. The molecule has 1 aliphatic heterocycles. The average Bonchev–Trinajstić information content (AvgIpc) is 3.32. The van der Waals surface area contributed by atoms with Gasteiger partial charge in [0, 0.05) is 22.3 Å². The Morgan fingerprint density at radius 1 is 0.917 bits per heavy atom. The molecule has 6 aliphatic rings. The second-order valence-corrected chi connectivity index (χ2v) is 15.4. The van der Waals surface area contributed by atoms with Gasteiger partial charge in [-0.05, 0) is 79.6 Å². The monoisotopic (exact) mass is 491 g/mol. The zero-order chi connectivity index (χ0) is 25.7. The lowest BCUT2D eigenvalue weighted by Crippen LogP contribution is -2.71. The van der Waals surface area contributed by atoms with Crippen LogP contribution in [0.15, 0.2) is 22.4 Å². The highest BCUT2D eigenvalue weighted by Crippen LogP contribution is 2.78. The van der Waals surface area contributed by atoms with Gasteiger partial charge in [0.15, 0.2) is 11.4 Å². The topological polar surface area (TPSA) is 69.4 Å². The summed E-state index contributed by atoms with van der Waals surface area (Å²) in [4.78, 5) is 28.3. The molecule has 2 bridgehead atoms. The van der Waals surface area contributed by atoms with E-state index < -0.39 is 16.4 Å². The number of ether oxygens (including phenoxy) is 1. The normalized spacial score (nSPS) is 49.6. The molecule has 7 atom stereocenters. The smallest absolute Gasteiger partial charge is 0.313 e. The molecule has 4 fully saturated rings. The minimum absolute atomic E-state index is 0.0277. The maximum atomic E-state index is 14.6. The molecule has 5 heteroatoms. The summed E-state index contributed by atoms with van der Waals surface area (Å²) in [5.74, 6) is 1.31. The van der Waals surface area contributed by atoms with Crippen LogP contribution < -0.4 is 0 Å². The highest BCUT2D eigenvalue weighted by atomic mass is 16.6. The van der Waals surface area contributed by atoms with E-state index in [0.717, 1.165) is 57.1 Å². The van der Waals surface area contributed by atoms with E-state index >= 15 is 0 Å². The van der Waals surface area contributed by atoms with Gasteiger partial charge in [0.1, 0.15) is 5.76 Å². The van der Waals surface area contributed by atoms with E-state index in [0.29, 0.717) is 5.92 Å². The molecular formula is C31H41NO4. The van der Waals surface area contributed by atoms with Crippen molar-refractivity contribution in [1.82, 2.24) is 5.16 Å². The van der Waals surface area contributed by atoms with E-state index in [9.17, 15) is 9.59 Å². The van der Waals surface area contributed by atoms with Gasteiger partial charge in [0.05, 0.1) is 11.6 Å². The van der Waals surface area contributed by atoms with Crippen LogP contribution >= 0.6 is 0 Å². The second-order valence-electron chi connectivity index (χ2n) is 15.4. The first-order chi connectivity index (χ1) is 16.7. The number of ketones is 1. The van der Waals surface area contributed by atoms with Gasteiger partial charge in [-0.15, -0.1) is 0 Å². The van der Waals surface area contributed by atoms with E-state index in [1.165, 1.54) is 11.1 Å². The van der Waals surface area contributed by atoms with Gasteiger partial charge in [-0.1, -0.05) is 59.2 Å². The molecular weight excluding hydrogens is 450 g/mol. The highest BCUT2D eigenvalue weighted by molar-refractivity contribution is 6.05. The summed E-state index contributed by atoms with van der Waals surface area (Å²) in [7, 11) is 0. The quantitative estimate of drug-likeness (QED) is 0.396. The maximum Gasteiger partial charge on any atom is 0.313 e. The number of hydrogen-bond donors (Lipinski definition) is 0. The molecule has 0 radical (unpaired) electrons. The number of nitrogens with zero attached hydrogens (tertiary/aromatic N) is 1. The lowest BCUT2D eigenvalue weighted by Gasteiger charge is -2.69. The van der Waals surface area contributed by atoms with Crippen molar-refractivity contribution in [2.75, 3.05) is 0 Å². The van der Waals surface area contributed by atoms with E-state index in [1.54, 1.807) is 0 Å². The Morgan fingerprint density at radius 2 is 1.64 bits per heavy atom. The molecule has 0 amide bonds. The number of rotatable bonds is 0. The lowest BCUT2D eigenvalue weighted by molar-refractivity contribution is -0.207. The van der Waals surface area contributed by atoms with Gasteiger partial charge in [0.25, 0.3) is 0 Å². The van der Waals surface area contributed by atoms with E-state index in [1.807, 2.05) is 12.3 Å². The van der Waals surface area contributed by atoms with Crippen molar-refractivity contribution in [3.8, 4) is 0 Å². The number of allylic oxidation sites excluding steroid dienone is 1. The number of carbonyl (C=O) groups is 2. The molecule has 1 spiro atoms. The molecule has 5 aliphatic carbocycles. The van der Waals surface area contributed by atoms with Gasteiger partial charge < -0.3 is 9.26 Å². The van der Waals surface area contributed by atoms with Crippen molar-refractivity contribution in [2.24, 2.45) is 38.9 Å². The van der Waals surface area contributed by atoms with Gasteiger partial charge in [-0.2, -0.15) is 0 Å². The molecule has 2 unspecified atom stereocenters. The number of esters is 1. The Bertz CT molecular complexity index is 1250. The first-order valence-electron chi connectivity index (χ1n) is 14.1. The van der Waals surface area contributed by atoms with Crippen LogP contribution in [0.2, 0.25) is 0 Å². The Labute approximate surface area is 214 Å². The third kappa shape index (κ3) is 2.19. The maximum absolute atomic E-state index is 14.6. The second kappa shape index (κ2) is 6.21. The molecule has 7 rings (SSSR count). The highest BCUT2D eigenvalue weighted by Gasteiger charge is 2.82. The van der Waals surface area contributed by atoms with Gasteiger partial charge in [0.2, 0.25) is 0 Å². The fourth-order valence-corrected chi connectivity index (χ4v) is 11.1. The first kappa shape index (κ1) is 23.2. The van der Waals surface area contributed by atoms with Crippen LogP contribution in [-0.4, -0.2) is 22.5 Å². The van der Waals surface area contributed by atoms with Crippen molar-refractivity contribution in [3.63, 3.8) is 0 Å². The van der Waals surface area contributed by atoms with Gasteiger partial charge in [-0.3, -0.25) is 9.59 Å². The van der Waals surface area contributed by atoms with Crippen LogP contribution in [0.4, 0.5) is 0 Å². The minimum atomic E-state index is -1.03. The Morgan fingerprint density at radius 3 is 2.39 bits per heavy atom. The lowest BCUT2D eigenvalue weighted by atomic mass is 9.33. The number of fused-ring (bicyclic) bond motifs is 5. The summed E-state index contributed by atoms with van der Waals surface area (Å²) in [6, 6.07) is 0. The Balaban J connectivity index is 1.44. The van der Waals surface area contributed by atoms with E-state index in [2.05, 4.69) is 53.6 Å². The van der Waals surface area contributed by atoms with Crippen LogP contribution in [0.1, 0.15) is 105 Å². The molecule has 36 heavy (non-hydrogen) atoms. The molecule has 1 aromatic heterocycles. The molecule has 1 saturated heterocycles. The minimum Gasteiger partial charge on any atom is -0.449 e. The summed E-state index contributed by atoms with van der Waals surface area (Å²) in [5.41, 5.74) is 0.108. The molecule has 0 N–H and O–H groups in total. The van der Waals surface area contributed by atoms with Crippen LogP contribution in [0.5, 0.6) is 0 Å². The molecule has 1 aromatic rings. The van der Waals surface area contributed by atoms with Crippen LogP contribution in [-0.2, 0) is 26.2 Å². The van der Waals surface area contributed by atoms with Crippen molar-refractivity contribution < 1.29 is 18.8 Å². The average molecular weight is 492 g/mol. The third-order valence-corrected chi connectivity index (χ3v) is 13.1. The van der Waals surface area contributed by atoms with E-state index in [4.69, 9.17) is 9.26 Å². The van der Waals surface area contributed by atoms with Crippen molar-refractivity contribution in [3.05, 3.63) is 29.2 Å². The number of hydrogen-bond acceptors (Lipinski definition) is 5. The predicted octanol–water partition coefficient (Wildman–Crippen LogP) is 6.35. The molecule has 2 heterocycles. The molecule has 0 aromatic carbocycles. The zero-order valence-electron chi connectivity index (χ0n) is 23.0. The van der Waals surface area contributed by atoms with Crippen LogP contribution in [0, 0.1) is 38.9 Å². The fraction of sp³-hybridized carbons (Fsp3) is 0.774. The van der Waals surface area contributed by atoms with E-state index in [-0.39, 0.29) is 39.3 Å². The Hall–Kier alpha value is -1.91. The summed E-state index contributed by atoms with van der Waals surface area (Å²) in [5, 5.41) is 4.18. The largest absolute Gasteiger partial charge is 0.449 e. The first-order valence-corrected chi connectivity index (χ1v) is 14.1. The van der Waals surface area contributed by atoms with Crippen LogP contribution in [0.3, 0.4) is 0 Å². The standard InChI is InChI=1S/C31H41NO4/c1-25(2)10-12-30-13-11-29(7)28(6)9-8-19-26(3,4)23-18(17-32-36-23)15-27(19,5)20(28)14-22(33)31(29,21(30)16-25)35-24(30)34/h14,17,19,21H,8-13,15-16H2,1-7H3/t19-,21+,27-,28+,29-,30?,31?/m0/s1. The Kier molecular flexibility index (Phi) is 4.00. The van der Waals surface area contributed by atoms with Gasteiger partial charge in [-0.25, -0.2) is 0 Å². The van der Waals surface area contributed by atoms with Crippen molar-refractivity contribution in [2.45, 2.75) is 111 Å². The summed E-state index contributed by atoms with van der Waals surface area (Å²) in [6.45, 7) is 16.3. The number of aromatic nitrogens is 1. The van der Waals surface area contributed by atoms with Crippen molar-refractivity contribution in [1.29, 1.82) is 0 Å². The van der Waals surface area contributed by atoms with Gasteiger partial charge >= 0.3 is 5.97 Å². The summed E-state index contributed by atoms with van der Waals surface area (Å²) < 4.78 is 12.3. The number of carbonyl (C=O) groups excluding carboxylic acids is 2. The van der Waals surface area contributed by atoms with Crippen LogP contribution in [0.25, 0.3) is 0 Å². The molecule has 194 valence electrons. The fourth-order valence-electron chi connectivity index (χ4n) is 11.1. The third-order valence-electron chi connectivity index (χ3n) is 13.1. The predicted molar refractivity (Wildman–Crippen MR) is 135 cm³/mol. The summed E-state index contributed by atoms with van der Waals surface area (Å²) in [6.07, 6.45) is 11.3. The molecule has 3 saturated carbocycles. The van der Waals surface area contributed by atoms with Crippen molar-refractivity contribution >= 4 is 11.8 Å². The summed E-state index contributed by atoms with van der Waals surface area (Å²) >= 11 is 0. The SMILES string of the molecule is CC1(C)CCC23CC[C@]4(C)C(OC2=O)(C(=O)C=C2[C@@]5(C)Cc6cnoc6C(C)(C)[C@@H]5CC[C@]24C)[C@@H]3C1. The molecule has 5 nitrogen and oxygen atoms in total.